The van der Waals surface area contributed by atoms with Crippen molar-refractivity contribution in [3.05, 3.63) is 27.8 Å². The van der Waals surface area contributed by atoms with Crippen molar-refractivity contribution >= 4 is 35.1 Å². The van der Waals surface area contributed by atoms with Crippen molar-refractivity contribution in [1.82, 2.24) is 9.97 Å². The first-order valence-electron chi connectivity index (χ1n) is 3.59. The van der Waals surface area contributed by atoms with Gasteiger partial charge in [-0.2, -0.15) is 0 Å². The smallest absolute Gasteiger partial charge is 0.167 e. The summed E-state index contributed by atoms with van der Waals surface area (Å²) in [6.45, 7) is 0. The van der Waals surface area contributed by atoms with Crippen LogP contribution in [0.4, 0.5) is 0 Å². The van der Waals surface area contributed by atoms with Gasteiger partial charge in [0.15, 0.2) is 16.1 Å². The molecule has 5 heteroatoms. The van der Waals surface area contributed by atoms with E-state index < -0.39 is 0 Å². The lowest BCUT2D eigenvalue weighted by Gasteiger charge is -2.07. The summed E-state index contributed by atoms with van der Waals surface area (Å²) in [5.74, 6) is 0.000175. The monoisotopic (exact) mass is 214 g/mol. The summed E-state index contributed by atoms with van der Waals surface area (Å²) < 4.78 is 0. The molecular weight excluding hydrogens is 211 g/mol. The first-order chi connectivity index (χ1) is 6.16. The van der Waals surface area contributed by atoms with Crippen molar-refractivity contribution in [2.45, 2.75) is 6.42 Å². The second-order valence-corrected chi connectivity index (χ2v) is 3.33. The van der Waals surface area contributed by atoms with Crippen molar-refractivity contribution in [2.24, 2.45) is 0 Å². The van der Waals surface area contributed by atoms with Gasteiger partial charge in [-0.3, -0.25) is 4.79 Å². The summed E-state index contributed by atoms with van der Waals surface area (Å²) in [5.41, 5.74) is 1.20. The molecule has 1 aromatic heterocycles. The topological polar surface area (TPSA) is 42.9 Å². The molecule has 0 aromatic carbocycles. The average molecular weight is 215 g/mol. The highest BCUT2D eigenvalue weighted by Crippen LogP contribution is 2.21. The lowest BCUT2D eigenvalue weighted by molar-refractivity contribution is -0.114. The minimum absolute atomic E-state index is 0.000175. The van der Waals surface area contributed by atoms with E-state index in [1.165, 1.54) is 6.08 Å². The quantitative estimate of drug-likeness (QED) is 0.663. The van der Waals surface area contributed by atoms with Gasteiger partial charge in [0.05, 0.1) is 17.8 Å². The zero-order valence-electron chi connectivity index (χ0n) is 6.42. The van der Waals surface area contributed by atoms with E-state index in [2.05, 4.69) is 9.97 Å². The third kappa shape index (κ3) is 1.57. The van der Waals surface area contributed by atoms with Gasteiger partial charge in [0, 0.05) is 0 Å². The highest BCUT2D eigenvalue weighted by molar-refractivity contribution is 6.40. The van der Waals surface area contributed by atoms with Crippen molar-refractivity contribution < 1.29 is 4.79 Å². The van der Waals surface area contributed by atoms with Crippen LogP contribution in [0.25, 0.3) is 6.08 Å². The maximum atomic E-state index is 11.0. The fourth-order valence-electron chi connectivity index (χ4n) is 1.10. The second kappa shape index (κ2) is 3.09. The molecule has 1 aliphatic carbocycles. The average Bonchev–Trinajstić information content (AvgIpc) is 2.08. The maximum absolute atomic E-state index is 11.0. The third-order valence-electron chi connectivity index (χ3n) is 1.69. The number of carbonyl (C=O) groups is 1. The molecule has 0 saturated heterocycles. The summed E-state index contributed by atoms with van der Waals surface area (Å²) in [7, 11) is 0. The number of halogens is 2. The molecule has 1 aliphatic rings. The van der Waals surface area contributed by atoms with E-state index in [0.717, 1.165) is 0 Å². The van der Waals surface area contributed by atoms with E-state index in [1.807, 2.05) is 0 Å². The number of allylic oxidation sites excluding steroid dienone is 1. The molecule has 66 valence electrons. The molecule has 1 aromatic rings. The zero-order chi connectivity index (χ0) is 9.42. The van der Waals surface area contributed by atoms with Crippen molar-refractivity contribution in [3.8, 4) is 0 Å². The number of aromatic nitrogens is 2. The molecule has 0 fully saturated rings. The molecule has 2 rings (SSSR count). The van der Waals surface area contributed by atoms with Gasteiger partial charge in [0.2, 0.25) is 0 Å². The lowest BCUT2D eigenvalue weighted by Crippen LogP contribution is -2.09. The van der Waals surface area contributed by atoms with Crippen LogP contribution in [0.3, 0.4) is 0 Å². The van der Waals surface area contributed by atoms with Gasteiger partial charge in [-0.1, -0.05) is 23.2 Å². The normalized spacial score (nSPS) is 14.5. The highest BCUT2D eigenvalue weighted by Gasteiger charge is 2.15. The van der Waals surface area contributed by atoms with E-state index in [0.29, 0.717) is 11.4 Å². The number of fused-ring (bicyclic) bond motifs is 1. The molecule has 0 amide bonds. The predicted octanol–water partition coefficient (Wildman–Crippen LogP) is 1.92. The summed E-state index contributed by atoms with van der Waals surface area (Å²) in [6, 6.07) is 0. The lowest BCUT2D eigenvalue weighted by atomic mass is 10.1. The van der Waals surface area contributed by atoms with E-state index >= 15 is 0 Å². The number of carbonyl (C=O) groups excluding carboxylic acids is 1. The van der Waals surface area contributed by atoms with Gasteiger partial charge in [0.1, 0.15) is 0 Å². The van der Waals surface area contributed by atoms with Crippen molar-refractivity contribution in [1.29, 1.82) is 0 Å². The van der Waals surface area contributed by atoms with Gasteiger partial charge in [0.25, 0.3) is 0 Å². The van der Waals surface area contributed by atoms with Crippen LogP contribution in [-0.4, -0.2) is 15.8 Å². The largest absolute Gasteiger partial charge is 0.294 e. The molecule has 1 heterocycles. The Hall–Kier alpha value is -0.930. The molecule has 13 heavy (non-hydrogen) atoms. The van der Waals surface area contributed by atoms with Crippen LogP contribution >= 0.6 is 23.2 Å². The molecule has 0 radical (unpaired) electrons. The van der Waals surface area contributed by atoms with Crippen molar-refractivity contribution in [3.63, 3.8) is 0 Å². The van der Waals surface area contributed by atoms with Gasteiger partial charge < -0.3 is 0 Å². The Kier molecular flexibility index (Phi) is 2.06. The molecule has 0 bridgehead atoms. The van der Waals surface area contributed by atoms with Crippen LogP contribution in [0.1, 0.15) is 11.4 Å². The van der Waals surface area contributed by atoms with Crippen LogP contribution in [0.5, 0.6) is 0 Å². The van der Waals surface area contributed by atoms with Gasteiger partial charge in [-0.05, 0) is 12.2 Å². The number of hydrogen-bond acceptors (Lipinski definition) is 3. The van der Waals surface area contributed by atoms with E-state index in [-0.39, 0.29) is 22.5 Å². The molecule has 0 atom stereocenters. The Bertz CT molecular complexity index is 415. The maximum Gasteiger partial charge on any atom is 0.167 e. The number of rotatable bonds is 0. The van der Waals surface area contributed by atoms with Gasteiger partial charge >= 0.3 is 0 Å². The molecular formula is C8H4Cl2N2O. The number of hydrogen-bond donors (Lipinski definition) is 0. The van der Waals surface area contributed by atoms with Gasteiger partial charge in [-0.25, -0.2) is 9.97 Å². The SMILES string of the molecule is O=C1C=Cc2nc(Cl)c(Cl)nc2C1. The van der Waals surface area contributed by atoms with Crippen LogP contribution in [0.2, 0.25) is 10.3 Å². The van der Waals surface area contributed by atoms with Gasteiger partial charge in [-0.15, -0.1) is 0 Å². The van der Waals surface area contributed by atoms with E-state index in [1.54, 1.807) is 6.08 Å². The Morgan fingerprint density at radius 1 is 1.15 bits per heavy atom. The first kappa shape index (κ1) is 8.66. The van der Waals surface area contributed by atoms with Crippen molar-refractivity contribution in [2.75, 3.05) is 0 Å². The third-order valence-corrected chi connectivity index (χ3v) is 2.31. The van der Waals surface area contributed by atoms with Crippen LogP contribution in [-0.2, 0) is 11.2 Å². The minimum atomic E-state index is 0.000175. The molecule has 3 nitrogen and oxygen atoms in total. The predicted molar refractivity (Wildman–Crippen MR) is 49.8 cm³/mol. The van der Waals surface area contributed by atoms with E-state index in [9.17, 15) is 4.79 Å². The Morgan fingerprint density at radius 3 is 2.62 bits per heavy atom. The standard InChI is InChI=1S/C8H4Cl2N2O/c9-7-8(10)12-6-3-4(13)1-2-5(6)11-7/h1-2H,3H2. The number of nitrogens with zero attached hydrogens (tertiary/aromatic N) is 2. The van der Waals surface area contributed by atoms with Crippen LogP contribution in [0.15, 0.2) is 6.08 Å². The van der Waals surface area contributed by atoms with E-state index in [4.69, 9.17) is 23.2 Å². The first-order valence-corrected chi connectivity index (χ1v) is 4.35. The minimum Gasteiger partial charge on any atom is -0.294 e. The summed E-state index contributed by atoms with van der Waals surface area (Å²) in [4.78, 5) is 18.9. The Balaban J connectivity index is 2.58. The molecule has 0 unspecified atom stereocenters. The summed E-state index contributed by atoms with van der Waals surface area (Å²) in [6.07, 6.45) is 3.30. The van der Waals surface area contributed by atoms with Crippen LogP contribution < -0.4 is 0 Å². The molecule has 0 N–H and O–H groups in total. The highest BCUT2D eigenvalue weighted by atomic mass is 35.5. The zero-order valence-corrected chi connectivity index (χ0v) is 7.93. The second-order valence-electron chi connectivity index (χ2n) is 2.61. The van der Waals surface area contributed by atoms with Crippen LogP contribution in [0, 0.1) is 0 Å². The molecule has 0 spiro atoms. The number of ketones is 1. The fourth-order valence-corrected chi connectivity index (χ4v) is 1.38. The molecule has 0 aliphatic heterocycles. The summed E-state index contributed by atoms with van der Waals surface area (Å²) in [5, 5.41) is 0.308. The Morgan fingerprint density at radius 2 is 1.85 bits per heavy atom. The summed E-state index contributed by atoms with van der Waals surface area (Å²) >= 11 is 11.3. The fraction of sp³-hybridized carbons (Fsp3) is 0.125. The Labute approximate surface area is 84.4 Å². The molecule has 0 saturated carbocycles.